The Balaban J connectivity index is 1.99. The highest BCUT2D eigenvalue weighted by molar-refractivity contribution is 5.93. The summed E-state index contributed by atoms with van der Waals surface area (Å²) in [5.41, 5.74) is 0. The fraction of sp³-hybridized carbons (Fsp3) is 0.812. The van der Waals surface area contributed by atoms with E-state index in [9.17, 15) is 4.79 Å². The van der Waals surface area contributed by atoms with Gasteiger partial charge in [0.05, 0.1) is 6.10 Å². The van der Waals surface area contributed by atoms with Crippen molar-refractivity contribution in [2.24, 2.45) is 17.8 Å². The Morgan fingerprint density at radius 2 is 2.05 bits per heavy atom. The Hall–Kier alpha value is -0.670. The predicted molar refractivity (Wildman–Crippen MR) is 74.7 cm³/mol. The molecule has 0 amide bonds. The molecule has 0 aromatic heterocycles. The van der Waals surface area contributed by atoms with Crippen molar-refractivity contribution < 1.29 is 14.3 Å². The number of hydrogen-bond acceptors (Lipinski definition) is 3. The van der Waals surface area contributed by atoms with Gasteiger partial charge in [-0.2, -0.15) is 0 Å². The van der Waals surface area contributed by atoms with Crippen LogP contribution in [0.1, 0.15) is 47.0 Å². The molecule has 0 spiro atoms. The lowest BCUT2D eigenvalue weighted by molar-refractivity contribution is -0.193. The van der Waals surface area contributed by atoms with Crippen molar-refractivity contribution in [3.05, 3.63) is 12.2 Å². The Morgan fingerprint density at radius 1 is 1.32 bits per heavy atom. The molecule has 1 heterocycles. The highest BCUT2D eigenvalue weighted by Gasteiger charge is 2.34. The van der Waals surface area contributed by atoms with Gasteiger partial charge in [0.2, 0.25) is 0 Å². The van der Waals surface area contributed by atoms with Crippen molar-refractivity contribution in [2.45, 2.75) is 65.5 Å². The quantitative estimate of drug-likeness (QED) is 0.786. The molecule has 19 heavy (non-hydrogen) atoms. The highest BCUT2D eigenvalue weighted by Crippen LogP contribution is 2.36. The average Bonchev–Trinajstić information content (AvgIpc) is 2.33. The van der Waals surface area contributed by atoms with Crippen molar-refractivity contribution in [1.82, 2.24) is 0 Å². The Morgan fingerprint density at radius 3 is 2.68 bits per heavy atom. The van der Waals surface area contributed by atoms with Crippen LogP contribution in [0.4, 0.5) is 0 Å². The molecule has 3 heteroatoms. The van der Waals surface area contributed by atoms with Gasteiger partial charge in [-0.05, 0) is 49.7 Å². The lowest BCUT2D eigenvalue weighted by Gasteiger charge is -2.39. The van der Waals surface area contributed by atoms with E-state index in [1.54, 1.807) is 19.1 Å². The number of rotatable bonds is 3. The second-order valence-electron chi connectivity index (χ2n) is 6.41. The van der Waals surface area contributed by atoms with Crippen LogP contribution < -0.4 is 0 Å². The minimum Gasteiger partial charge on any atom is -0.345 e. The van der Waals surface area contributed by atoms with Crippen LogP contribution in [-0.2, 0) is 14.3 Å². The van der Waals surface area contributed by atoms with Crippen LogP contribution in [0.15, 0.2) is 12.2 Å². The van der Waals surface area contributed by atoms with Gasteiger partial charge < -0.3 is 9.47 Å². The summed E-state index contributed by atoms with van der Waals surface area (Å²) < 4.78 is 11.7. The molecule has 5 atom stereocenters. The Labute approximate surface area is 116 Å². The van der Waals surface area contributed by atoms with Crippen LogP contribution in [0.5, 0.6) is 0 Å². The smallest absolute Gasteiger partial charge is 0.184 e. The Bertz CT molecular complexity index is 348. The summed E-state index contributed by atoms with van der Waals surface area (Å²) >= 11 is 0. The monoisotopic (exact) mass is 266 g/mol. The zero-order chi connectivity index (χ0) is 14.0. The molecule has 0 bridgehead atoms. The molecular weight excluding hydrogens is 240 g/mol. The first-order chi connectivity index (χ1) is 8.97. The summed E-state index contributed by atoms with van der Waals surface area (Å²) in [6.45, 7) is 8.60. The molecule has 1 aliphatic heterocycles. The summed E-state index contributed by atoms with van der Waals surface area (Å²) in [5.74, 6) is 1.97. The third-order valence-corrected chi connectivity index (χ3v) is 4.43. The normalized spacial score (nSPS) is 39.8. The lowest BCUT2D eigenvalue weighted by atomic mass is 9.75. The largest absolute Gasteiger partial charge is 0.345 e. The fourth-order valence-corrected chi connectivity index (χ4v) is 3.14. The molecule has 0 unspecified atom stereocenters. The number of ketones is 1. The maximum atomic E-state index is 11.4. The van der Waals surface area contributed by atoms with E-state index in [4.69, 9.17) is 9.47 Å². The van der Waals surface area contributed by atoms with Crippen LogP contribution in [0.25, 0.3) is 0 Å². The van der Waals surface area contributed by atoms with Crippen molar-refractivity contribution >= 4 is 5.78 Å². The molecule has 0 aromatic carbocycles. The number of carbonyl (C=O) groups is 1. The molecule has 2 aliphatic rings. The zero-order valence-corrected chi connectivity index (χ0v) is 12.5. The first-order valence-electron chi connectivity index (χ1n) is 7.50. The molecule has 108 valence electrons. The van der Waals surface area contributed by atoms with Crippen molar-refractivity contribution in [2.75, 3.05) is 0 Å². The summed E-state index contributed by atoms with van der Waals surface area (Å²) in [4.78, 5) is 11.4. The van der Waals surface area contributed by atoms with Gasteiger partial charge in [-0.3, -0.25) is 4.79 Å². The van der Waals surface area contributed by atoms with Gasteiger partial charge in [-0.1, -0.05) is 27.2 Å². The van der Waals surface area contributed by atoms with Gasteiger partial charge in [-0.25, -0.2) is 0 Å². The van der Waals surface area contributed by atoms with Gasteiger partial charge >= 0.3 is 0 Å². The van der Waals surface area contributed by atoms with Crippen LogP contribution in [0, 0.1) is 17.8 Å². The van der Waals surface area contributed by atoms with E-state index < -0.39 is 0 Å². The van der Waals surface area contributed by atoms with Crippen LogP contribution in [0.2, 0.25) is 0 Å². The fourth-order valence-electron chi connectivity index (χ4n) is 3.14. The van der Waals surface area contributed by atoms with Gasteiger partial charge in [0.15, 0.2) is 12.1 Å². The minimum atomic E-state index is -0.381. The molecule has 0 aromatic rings. The molecular formula is C16H26O3. The number of hydrogen-bond donors (Lipinski definition) is 0. The maximum absolute atomic E-state index is 11.4. The van der Waals surface area contributed by atoms with Crippen LogP contribution in [-0.4, -0.2) is 24.3 Å². The van der Waals surface area contributed by atoms with Crippen LogP contribution in [0.3, 0.4) is 0 Å². The molecule has 1 fully saturated rings. The third-order valence-electron chi connectivity index (χ3n) is 4.43. The Kier molecular flexibility index (Phi) is 4.80. The summed E-state index contributed by atoms with van der Waals surface area (Å²) in [6, 6.07) is 0. The van der Waals surface area contributed by atoms with E-state index in [0.717, 1.165) is 6.42 Å². The lowest BCUT2D eigenvalue weighted by Crippen LogP contribution is -2.40. The highest BCUT2D eigenvalue weighted by atomic mass is 16.7. The van der Waals surface area contributed by atoms with Gasteiger partial charge in [0.1, 0.15) is 6.10 Å². The van der Waals surface area contributed by atoms with E-state index in [1.807, 2.05) is 0 Å². The van der Waals surface area contributed by atoms with Crippen molar-refractivity contribution in [3.8, 4) is 0 Å². The summed E-state index contributed by atoms with van der Waals surface area (Å²) in [5, 5.41) is 0. The average molecular weight is 266 g/mol. The second kappa shape index (κ2) is 6.19. The van der Waals surface area contributed by atoms with E-state index in [1.165, 1.54) is 12.8 Å². The van der Waals surface area contributed by atoms with Gasteiger partial charge in [0, 0.05) is 0 Å². The molecule has 3 nitrogen and oxygen atoms in total. The first-order valence-corrected chi connectivity index (χ1v) is 7.50. The van der Waals surface area contributed by atoms with E-state index in [-0.39, 0.29) is 24.3 Å². The third kappa shape index (κ3) is 3.67. The van der Waals surface area contributed by atoms with Gasteiger partial charge in [-0.15, -0.1) is 0 Å². The van der Waals surface area contributed by atoms with E-state index >= 15 is 0 Å². The molecule has 2 rings (SSSR count). The summed E-state index contributed by atoms with van der Waals surface area (Å²) in [6.07, 6.45) is 6.47. The standard InChI is InChI=1S/C16H26O3/c1-10(2)13-6-5-11(3)9-15(13)19-16-8-7-14(17)12(4)18-16/h7-8,10-13,15-16H,5-6,9H2,1-4H3/t11-,12+,13+,15-,16+/m1/s1. The SMILES string of the molecule is CC(C)[C@@H]1CC[C@@H](C)C[C@H]1O[C@H]1C=CC(=O)[C@H](C)O1. The number of ether oxygens (including phenoxy) is 2. The van der Waals surface area contributed by atoms with Crippen LogP contribution >= 0.6 is 0 Å². The van der Waals surface area contributed by atoms with E-state index in [2.05, 4.69) is 20.8 Å². The topological polar surface area (TPSA) is 35.5 Å². The molecule has 0 saturated heterocycles. The van der Waals surface area contributed by atoms with Gasteiger partial charge in [0.25, 0.3) is 0 Å². The maximum Gasteiger partial charge on any atom is 0.184 e. The molecule has 1 saturated carbocycles. The predicted octanol–water partition coefficient (Wildman–Crippen LogP) is 3.33. The van der Waals surface area contributed by atoms with Crippen molar-refractivity contribution in [3.63, 3.8) is 0 Å². The molecule has 0 radical (unpaired) electrons. The zero-order valence-electron chi connectivity index (χ0n) is 12.5. The van der Waals surface area contributed by atoms with E-state index in [0.29, 0.717) is 17.8 Å². The second-order valence-corrected chi connectivity index (χ2v) is 6.41. The van der Waals surface area contributed by atoms with Crippen molar-refractivity contribution in [1.29, 1.82) is 0 Å². The minimum absolute atomic E-state index is 0.0253. The first kappa shape index (κ1) is 14.7. The molecule has 0 N–H and O–H groups in total. The molecule has 1 aliphatic carbocycles. The number of carbonyl (C=O) groups excluding carboxylic acids is 1. The summed E-state index contributed by atoms with van der Waals surface area (Å²) in [7, 11) is 0.